The van der Waals surface area contributed by atoms with Gasteiger partial charge in [-0.05, 0) is 56.9 Å². The van der Waals surface area contributed by atoms with Gasteiger partial charge < -0.3 is 10.4 Å². The number of hydrogen-bond acceptors (Lipinski definition) is 3. The van der Waals surface area contributed by atoms with E-state index in [1.54, 1.807) is 0 Å². The number of aliphatic hydroxyl groups is 1. The van der Waals surface area contributed by atoms with Crippen molar-refractivity contribution in [2.45, 2.75) is 57.0 Å². The van der Waals surface area contributed by atoms with Gasteiger partial charge in [0.1, 0.15) is 0 Å². The van der Waals surface area contributed by atoms with Crippen LogP contribution in [0.1, 0.15) is 44.9 Å². The van der Waals surface area contributed by atoms with E-state index in [9.17, 15) is 9.90 Å². The molecule has 1 heterocycles. The molecule has 2 aliphatic carbocycles. The molecule has 0 spiro atoms. The fourth-order valence-corrected chi connectivity index (χ4v) is 3.42. The van der Waals surface area contributed by atoms with Crippen LogP contribution in [0.5, 0.6) is 0 Å². The Morgan fingerprint density at radius 2 is 1.84 bits per heavy atom. The third-order valence-electron chi connectivity index (χ3n) is 4.89. The normalized spacial score (nSPS) is 28.6. The minimum Gasteiger partial charge on any atom is -0.395 e. The Morgan fingerprint density at radius 1 is 1.16 bits per heavy atom. The second-order valence-electron chi connectivity index (χ2n) is 6.57. The van der Waals surface area contributed by atoms with E-state index >= 15 is 0 Å². The predicted molar refractivity (Wildman–Crippen MR) is 73.7 cm³/mol. The van der Waals surface area contributed by atoms with Gasteiger partial charge in [-0.25, -0.2) is 0 Å². The fourth-order valence-electron chi connectivity index (χ4n) is 3.42. The lowest BCUT2D eigenvalue weighted by Crippen LogP contribution is -2.49. The van der Waals surface area contributed by atoms with E-state index < -0.39 is 0 Å². The zero-order valence-electron chi connectivity index (χ0n) is 11.7. The number of rotatable bonds is 6. The quantitative estimate of drug-likeness (QED) is 0.758. The van der Waals surface area contributed by atoms with Crippen LogP contribution >= 0.6 is 0 Å². The summed E-state index contributed by atoms with van der Waals surface area (Å²) in [7, 11) is 0. The van der Waals surface area contributed by atoms with E-state index in [1.807, 2.05) is 0 Å². The lowest BCUT2D eigenvalue weighted by atomic mass is 10.0. The fraction of sp³-hybridized carbons (Fsp3) is 0.933. The minimum absolute atomic E-state index is 0.171. The number of hydrogen-bond donors (Lipinski definition) is 2. The molecule has 108 valence electrons. The molecule has 19 heavy (non-hydrogen) atoms. The lowest BCUT2D eigenvalue weighted by molar-refractivity contribution is -0.124. The average molecular weight is 266 g/mol. The Kier molecular flexibility index (Phi) is 4.08. The van der Waals surface area contributed by atoms with Crippen molar-refractivity contribution in [1.82, 2.24) is 10.2 Å². The average Bonchev–Trinajstić information content (AvgIpc) is 3.30. The summed E-state index contributed by atoms with van der Waals surface area (Å²) in [4.78, 5) is 14.4. The van der Waals surface area contributed by atoms with Crippen LogP contribution in [0.3, 0.4) is 0 Å². The number of carbonyl (C=O) groups excluding carboxylic acids is 1. The van der Waals surface area contributed by atoms with Gasteiger partial charge in [0, 0.05) is 12.1 Å². The van der Waals surface area contributed by atoms with Crippen LogP contribution in [0.15, 0.2) is 0 Å². The Hall–Kier alpha value is -0.610. The van der Waals surface area contributed by atoms with Crippen molar-refractivity contribution in [2.75, 3.05) is 19.7 Å². The van der Waals surface area contributed by atoms with Crippen LogP contribution in [0, 0.1) is 11.8 Å². The number of piperidine rings is 1. The van der Waals surface area contributed by atoms with Crippen molar-refractivity contribution < 1.29 is 9.90 Å². The SMILES string of the molecule is O=C(CN1CCCCC1CO)NC(C1CC1)C1CC1. The van der Waals surface area contributed by atoms with E-state index in [2.05, 4.69) is 10.2 Å². The van der Waals surface area contributed by atoms with Gasteiger partial charge in [-0.15, -0.1) is 0 Å². The van der Waals surface area contributed by atoms with Gasteiger partial charge in [-0.3, -0.25) is 9.69 Å². The summed E-state index contributed by atoms with van der Waals surface area (Å²) in [6, 6.07) is 0.643. The van der Waals surface area contributed by atoms with E-state index in [-0.39, 0.29) is 18.6 Å². The van der Waals surface area contributed by atoms with Crippen LogP contribution < -0.4 is 5.32 Å². The Labute approximate surface area is 115 Å². The summed E-state index contributed by atoms with van der Waals surface area (Å²) in [6.45, 7) is 1.61. The molecule has 0 aromatic rings. The highest BCUT2D eigenvalue weighted by atomic mass is 16.3. The van der Waals surface area contributed by atoms with Crippen molar-refractivity contribution in [2.24, 2.45) is 11.8 Å². The zero-order chi connectivity index (χ0) is 13.2. The molecular weight excluding hydrogens is 240 g/mol. The third kappa shape index (κ3) is 3.48. The van der Waals surface area contributed by atoms with E-state index in [4.69, 9.17) is 0 Å². The van der Waals surface area contributed by atoms with Crippen LogP contribution in [-0.2, 0) is 4.79 Å². The summed E-state index contributed by atoms with van der Waals surface area (Å²) in [5.41, 5.74) is 0. The molecule has 2 N–H and O–H groups in total. The molecule has 1 saturated heterocycles. The Balaban J connectivity index is 1.49. The summed E-state index contributed by atoms with van der Waals surface area (Å²) < 4.78 is 0. The van der Waals surface area contributed by atoms with Gasteiger partial charge in [0.25, 0.3) is 0 Å². The van der Waals surface area contributed by atoms with Crippen molar-refractivity contribution in [3.63, 3.8) is 0 Å². The maximum atomic E-state index is 12.2. The molecule has 3 rings (SSSR count). The molecule has 3 aliphatic rings. The monoisotopic (exact) mass is 266 g/mol. The molecular formula is C15H26N2O2. The van der Waals surface area contributed by atoms with E-state index in [0.29, 0.717) is 12.6 Å². The molecule has 0 radical (unpaired) electrons. The van der Waals surface area contributed by atoms with Crippen molar-refractivity contribution in [3.8, 4) is 0 Å². The minimum atomic E-state index is 0.171. The standard InChI is InChI=1S/C15H26N2O2/c18-10-13-3-1-2-8-17(13)9-14(19)16-15(11-4-5-11)12-6-7-12/h11-13,15,18H,1-10H2,(H,16,19). The molecule has 1 atom stereocenters. The Morgan fingerprint density at radius 3 is 2.42 bits per heavy atom. The van der Waals surface area contributed by atoms with Crippen LogP contribution in [0.4, 0.5) is 0 Å². The second kappa shape index (κ2) is 5.80. The van der Waals surface area contributed by atoms with Crippen molar-refractivity contribution in [3.05, 3.63) is 0 Å². The first-order valence-corrected chi connectivity index (χ1v) is 7.92. The molecule has 3 fully saturated rings. The van der Waals surface area contributed by atoms with E-state index in [1.165, 1.54) is 32.1 Å². The molecule has 2 saturated carbocycles. The van der Waals surface area contributed by atoms with Gasteiger partial charge in [0.15, 0.2) is 0 Å². The molecule has 4 heteroatoms. The molecule has 0 aromatic heterocycles. The third-order valence-corrected chi connectivity index (χ3v) is 4.89. The van der Waals surface area contributed by atoms with Crippen LogP contribution in [-0.4, -0.2) is 47.7 Å². The maximum Gasteiger partial charge on any atom is 0.234 e. The molecule has 1 aliphatic heterocycles. The van der Waals surface area contributed by atoms with Gasteiger partial charge in [0.2, 0.25) is 5.91 Å². The number of nitrogens with zero attached hydrogens (tertiary/aromatic N) is 1. The molecule has 1 amide bonds. The highest BCUT2D eigenvalue weighted by Gasteiger charge is 2.42. The summed E-state index contributed by atoms with van der Waals surface area (Å²) >= 11 is 0. The highest BCUT2D eigenvalue weighted by molar-refractivity contribution is 5.78. The van der Waals surface area contributed by atoms with Crippen molar-refractivity contribution >= 4 is 5.91 Å². The summed E-state index contributed by atoms with van der Waals surface area (Å²) in [6.07, 6.45) is 8.54. The van der Waals surface area contributed by atoms with Crippen LogP contribution in [0.25, 0.3) is 0 Å². The topological polar surface area (TPSA) is 52.6 Å². The highest BCUT2D eigenvalue weighted by Crippen LogP contribution is 2.44. The van der Waals surface area contributed by atoms with Gasteiger partial charge in [0.05, 0.1) is 13.2 Å². The van der Waals surface area contributed by atoms with Gasteiger partial charge >= 0.3 is 0 Å². The molecule has 4 nitrogen and oxygen atoms in total. The zero-order valence-corrected chi connectivity index (χ0v) is 11.7. The van der Waals surface area contributed by atoms with E-state index in [0.717, 1.165) is 31.2 Å². The van der Waals surface area contributed by atoms with Crippen molar-refractivity contribution in [1.29, 1.82) is 0 Å². The first-order chi connectivity index (χ1) is 9.28. The van der Waals surface area contributed by atoms with Gasteiger partial charge in [-0.1, -0.05) is 6.42 Å². The van der Waals surface area contributed by atoms with Crippen LogP contribution in [0.2, 0.25) is 0 Å². The molecule has 0 aromatic carbocycles. The lowest BCUT2D eigenvalue weighted by Gasteiger charge is -2.34. The summed E-state index contributed by atoms with van der Waals surface area (Å²) in [5.74, 6) is 1.68. The summed E-state index contributed by atoms with van der Waals surface area (Å²) in [5, 5.41) is 12.6. The number of carbonyl (C=O) groups is 1. The smallest absolute Gasteiger partial charge is 0.234 e. The molecule has 1 unspecified atom stereocenters. The Bertz CT molecular complexity index is 314. The predicted octanol–water partition coefficient (Wildman–Crippen LogP) is 1.14. The maximum absolute atomic E-state index is 12.2. The number of nitrogens with one attached hydrogen (secondary N) is 1. The number of likely N-dealkylation sites (tertiary alicyclic amines) is 1. The molecule has 0 bridgehead atoms. The largest absolute Gasteiger partial charge is 0.395 e. The second-order valence-corrected chi connectivity index (χ2v) is 6.57. The van der Waals surface area contributed by atoms with Gasteiger partial charge in [-0.2, -0.15) is 0 Å². The first kappa shape index (κ1) is 13.4. The first-order valence-electron chi connectivity index (χ1n) is 7.92. The number of aliphatic hydroxyl groups excluding tert-OH is 1. The number of amides is 1.